The van der Waals surface area contributed by atoms with Crippen molar-refractivity contribution in [2.75, 3.05) is 9.80 Å². The molecule has 1 saturated heterocycles. The molecule has 4 aromatic rings. The third-order valence-corrected chi connectivity index (χ3v) is 8.23. The molecule has 39 heavy (non-hydrogen) atoms. The van der Waals surface area contributed by atoms with E-state index in [0.29, 0.717) is 11.3 Å². The Hall–Kier alpha value is -4.10. The Kier molecular flexibility index (Phi) is 6.39. The van der Waals surface area contributed by atoms with Crippen molar-refractivity contribution in [1.29, 1.82) is 0 Å². The Balaban J connectivity index is 1.53. The van der Waals surface area contributed by atoms with E-state index in [9.17, 15) is 14.4 Å². The topological polar surface area (TPSA) is 57.7 Å². The summed E-state index contributed by atoms with van der Waals surface area (Å²) in [5.74, 6) is -2.74. The number of benzene rings is 4. The van der Waals surface area contributed by atoms with Crippen LogP contribution in [0, 0.1) is 11.7 Å². The summed E-state index contributed by atoms with van der Waals surface area (Å²) < 4.78 is 16.5. The third kappa shape index (κ3) is 4.17. The van der Waals surface area contributed by atoms with E-state index in [4.69, 9.17) is 0 Å². The number of rotatable bonds is 6. The summed E-state index contributed by atoms with van der Waals surface area (Å²) in [6, 6.07) is 30.2. The first kappa shape index (κ1) is 25.2. The van der Waals surface area contributed by atoms with E-state index in [1.165, 1.54) is 15.9 Å². The van der Waals surface area contributed by atoms with Crippen molar-refractivity contribution in [3.63, 3.8) is 0 Å². The minimum Gasteiger partial charge on any atom is -0.304 e. The van der Waals surface area contributed by atoms with Gasteiger partial charge in [0.25, 0.3) is 0 Å². The average molecular weight is 583 g/mol. The summed E-state index contributed by atoms with van der Waals surface area (Å²) in [6.07, 6.45) is -0.00169. The van der Waals surface area contributed by atoms with Crippen LogP contribution < -0.4 is 9.80 Å². The second-order valence-electron chi connectivity index (χ2n) is 9.95. The second kappa shape index (κ2) is 9.89. The fraction of sp³-hybridized carbons (Fsp3) is 0.156. The molecule has 2 aliphatic heterocycles. The van der Waals surface area contributed by atoms with E-state index in [2.05, 4.69) is 15.9 Å². The Morgan fingerprint density at radius 2 is 1.46 bits per heavy atom. The maximum Gasteiger partial charge on any atom is 0.239 e. The fourth-order valence-corrected chi connectivity index (χ4v) is 6.21. The van der Waals surface area contributed by atoms with Gasteiger partial charge in [-0.15, -0.1) is 0 Å². The standard InChI is InChI=1S/C32H24BrFN2O3/c33-23-16-14-21(15-17-23)19-32(26-18-28(37)36(30(26)38)24-10-5-2-6-11-24)25-12-7-13-27(34)29(25)35(31(32)39)20-22-8-3-1-4-9-22/h1-17,26H,18-20H2/t26-,32+/m0/s1. The Morgan fingerprint density at radius 3 is 2.15 bits per heavy atom. The van der Waals surface area contributed by atoms with Crippen LogP contribution in [0.15, 0.2) is 108 Å². The predicted molar refractivity (Wildman–Crippen MR) is 151 cm³/mol. The van der Waals surface area contributed by atoms with Gasteiger partial charge in [0, 0.05) is 10.9 Å². The number of carbonyl (C=O) groups is 3. The number of anilines is 2. The van der Waals surface area contributed by atoms with Gasteiger partial charge in [-0.2, -0.15) is 0 Å². The molecule has 0 radical (unpaired) electrons. The van der Waals surface area contributed by atoms with E-state index in [-0.39, 0.29) is 36.9 Å². The summed E-state index contributed by atoms with van der Waals surface area (Å²) in [5, 5.41) is 0. The molecule has 7 heteroatoms. The van der Waals surface area contributed by atoms with Crippen molar-refractivity contribution in [3.05, 3.63) is 130 Å². The largest absolute Gasteiger partial charge is 0.304 e. The van der Waals surface area contributed by atoms with Crippen LogP contribution >= 0.6 is 15.9 Å². The van der Waals surface area contributed by atoms with Crippen LogP contribution in [0.2, 0.25) is 0 Å². The second-order valence-corrected chi connectivity index (χ2v) is 10.9. The molecule has 0 aromatic heterocycles. The molecule has 3 amide bonds. The number of nitrogens with zero attached hydrogens (tertiary/aromatic N) is 2. The molecule has 0 saturated carbocycles. The summed E-state index contributed by atoms with van der Waals surface area (Å²) in [4.78, 5) is 44.7. The number of fused-ring (bicyclic) bond motifs is 1. The van der Waals surface area contributed by atoms with Gasteiger partial charge in [-0.3, -0.25) is 19.3 Å². The number of para-hydroxylation sites is 2. The summed E-state index contributed by atoms with van der Waals surface area (Å²) in [5.41, 5.74) is 1.24. The molecule has 2 heterocycles. The number of halogens is 2. The highest BCUT2D eigenvalue weighted by molar-refractivity contribution is 9.10. The molecule has 0 N–H and O–H groups in total. The minimum absolute atomic E-state index is 0.146. The highest BCUT2D eigenvalue weighted by Crippen LogP contribution is 2.53. The van der Waals surface area contributed by atoms with Gasteiger partial charge in [0.05, 0.1) is 29.3 Å². The van der Waals surface area contributed by atoms with Crippen LogP contribution in [0.5, 0.6) is 0 Å². The van der Waals surface area contributed by atoms with Crippen LogP contribution in [-0.2, 0) is 32.8 Å². The SMILES string of the molecule is O=C1C[C@H]([C@]2(Cc3ccc(Br)cc3)C(=O)N(Cc3ccccc3)c3c(F)cccc32)C(=O)N1c1ccccc1. The predicted octanol–water partition coefficient (Wildman–Crippen LogP) is 6.20. The third-order valence-electron chi connectivity index (χ3n) is 7.70. The molecule has 0 unspecified atom stereocenters. The highest BCUT2D eigenvalue weighted by atomic mass is 79.9. The number of amides is 3. The highest BCUT2D eigenvalue weighted by Gasteiger charge is 2.62. The molecule has 2 atom stereocenters. The first-order chi connectivity index (χ1) is 18.9. The molecule has 1 fully saturated rings. The molecule has 5 nitrogen and oxygen atoms in total. The molecular weight excluding hydrogens is 559 g/mol. The molecule has 6 rings (SSSR count). The summed E-state index contributed by atoms with van der Waals surface area (Å²) in [6.45, 7) is 0.146. The van der Waals surface area contributed by atoms with E-state index in [0.717, 1.165) is 15.6 Å². The van der Waals surface area contributed by atoms with Crippen molar-refractivity contribution >= 4 is 45.0 Å². The van der Waals surface area contributed by atoms with Gasteiger partial charge in [0.15, 0.2) is 0 Å². The Labute approximate surface area is 234 Å². The lowest BCUT2D eigenvalue weighted by atomic mass is 9.66. The van der Waals surface area contributed by atoms with E-state index in [1.807, 2.05) is 60.7 Å². The van der Waals surface area contributed by atoms with E-state index < -0.39 is 23.1 Å². The maximum atomic E-state index is 15.6. The van der Waals surface area contributed by atoms with Gasteiger partial charge in [-0.25, -0.2) is 4.39 Å². The summed E-state index contributed by atoms with van der Waals surface area (Å²) in [7, 11) is 0. The van der Waals surface area contributed by atoms with Gasteiger partial charge in [0.1, 0.15) is 5.82 Å². The van der Waals surface area contributed by atoms with Crippen molar-refractivity contribution in [1.82, 2.24) is 0 Å². The molecule has 2 aliphatic rings. The molecule has 0 aliphatic carbocycles. The average Bonchev–Trinajstić information content (AvgIpc) is 3.37. The van der Waals surface area contributed by atoms with Gasteiger partial charge in [0.2, 0.25) is 17.7 Å². The number of imide groups is 1. The lowest BCUT2D eigenvalue weighted by Crippen LogP contribution is -2.50. The van der Waals surface area contributed by atoms with Crippen molar-refractivity contribution in [3.8, 4) is 0 Å². The van der Waals surface area contributed by atoms with Crippen molar-refractivity contribution < 1.29 is 18.8 Å². The van der Waals surface area contributed by atoms with Gasteiger partial charge in [-0.1, -0.05) is 88.7 Å². The van der Waals surface area contributed by atoms with Crippen LogP contribution in [0.4, 0.5) is 15.8 Å². The zero-order valence-electron chi connectivity index (χ0n) is 20.9. The van der Waals surface area contributed by atoms with Crippen molar-refractivity contribution in [2.45, 2.75) is 24.8 Å². The zero-order chi connectivity index (χ0) is 27.1. The smallest absolute Gasteiger partial charge is 0.239 e. The van der Waals surface area contributed by atoms with Crippen LogP contribution in [0.25, 0.3) is 0 Å². The summed E-state index contributed by atoms with van der Waals surface area (Å²) >= 11 is 3.45. The van der Waals surface area contributed by atoms with Gasteiger partial charge >= 0.3 is 0 Å². The van der Waals surface area contributed by atoms with Crippen LogP contribution in [-0.4, -0.2) is 17.7 Å². The van der Waals surface area contributed by atoms with Crippen LogP contribution in [0.1, 0.15) is 23.1 Å². The lowest BCUT2D eigenvalue weighted by Gasteiger charge is -2.33. The normalized spacial score (nSPS) is 20.6. The first-order valence-corrected chi connectivity index (χ1v) is 13.5. The maximum absolute atomic E-state index is 15.6. The molecular formula is C32H24BrFN2O3. The quantitative estimate of drug-likeness (QED) is 0.254. The number of hydrogen-bond donors (Lipinski definition) is 0. The van der Waals surface area contributed by atoms with Crippen LogP contribution in [0.3, 0.4) is 0 Å². The molecule has 4 aromatic carbocycles. The zero-order valence-corrected chi connectivity index (χ0v) is 22.5. The monoisotopic (exact) mass is 582 g/mol. The van der Waals surface area contributed by atoms with Crippen molar-refractivity contribution in [2.24, 2.45) is 5.92 Å². The Morgan fingerprint density at radius 1 is 0.795 bits per heavy atom. The van der Waals surface area contributed by atoms with E-state index in [1.54, 1.807) is 36.4 Å². The van der Waals surface area contributed by atoms with E-state index >= 15 is 4.39 Å². The number of carbonyl (C=O) groups excluding carboxylic acids is 3. The molecule has 0 spiro atoms. The fourth-order valence-electron chi connectivity index (χ4n) is 5.94. The Bertz CT molecular complexity index is 1580. The van der Waals surface area contributed by atoms with Gasteiger partial charge in [-0.05, 0) is 53.4 Å². The number of hydrogen-bond acceptors (Lipinski definition) is 3. The minimum atomic E-state index is -1.46. The lowest BCUT2D eigenvalue weighted by molar-refractivity contribution is -0.131. The molecule has 194 valence electrons. The molecule has 0 bridgehead atoms. The van der Waals surface area contributed by atoms with Gasteiger partial charge < -0.3 is 4.90 Å². The first-order valence-electron chi connectivity index (χ1n) is 12.7.